The first-order valence-corrected chi connectivity index (χ1v) is 8.00. The van der Waals surface area contributed by atoms with Gasteiger partial charge in [0.05, 0.1) is 10.5 Å². The van der Waals surface area contributed by atoms with Gasteiger partial charge in [-0.25, -0.2) is 26.4 Å². The largest absolute Gasteiger partial charge is 0.266 e. The molecule has 100 valence electrons. The van der Waals surface area contributed by atoms with E-state index in [4.69, 9.17) is 0 Å². The van der Waals surface area contributed by atoms with Gasteiger partial charge < -0.3 is 0 Å². The third kappa shape index (κ3) is 3.33. The van der Waals surface area contributed by atoms with Gasteiger partial charge in [-0.2, -0.15) is 0 Å². The molecule has 0 aliphatic heterocycles. The predicted molar refractivity (Wildman–Crippen MR) is 60.1 cm³/mol. The molecule has 1 aliphatic carbocycles. The molecule has 0 aromatic carbocycles. The van der Waals surface area contributed by atoms with Crippen LogP contribution in [-0.2, 0) is 29.6 Å². The lowest BCUT2D eigenvalue weighted by Gasteiger charge is -2.24. The van der Waals surface area contributed by atoms with Crippen molar-refractivity contribution in [2.24, 2.45) is 8.80 Å². The molecule has 1 fully saturated rings. The van der Waals surface area contributed by atoms with Crippen molar-refractivity contribution in [2.75, 3.05) is 0 Å². The SMILES string of the molecule is O=C=NS(=O)(=O)C1CCCC(S(=O)(=O)N=C=O)C1. The Morgan fingerprint density at radius 1 is 0.833 bits per heavy atom. The highest BCUT2D eigenvalue weighted by atomic mass is 32.2. The van der Waals surface area contributed by atoms with Gasteiger partial charge in [0, 0.05) is 0 Å². The molecule has 0 aromatic heterocycles. The van der Waals surface area contributed by atoms with E-state index in [9.17, 15) is 26.4 Å². The normalized spacial score (nSPS) is 24.7. The lowest BCUT2D eigenvalue weighted by Crippen LogP contribution is -2.33. The van der Waals surface area contributed by atoms with Crippen LogP contribution in [0, 0.1) is 0 Å². The molecule has 0 amide bonds. The van der Waals surface area contributed by atoms with Crippen molar-refractivity contribution in [1.29, 1.82) is 0 Å². The van der Waals surface area contributed by atoms with E-state index in [0.29, 0.717) is 6.42 Å². The maximum atomic E-state index is 11.5. The number of sulfonamides is 2. The second-order valence-corrected chi connectivity index (χ2v) is 7.56. The minimum atomic E-state index is -4.04. The Bertz CT molecular complexity index is 556. The van der Waals surface area contributed by atoms with Crippen molar-refractivity contribution in [3.8, 4) is 0 Å². The predicted octanol–water partition coefficient (Wildman–Crippen LogP) is -0.371. The van der Waals surface area contributed by atoms with Crippen LogP contribution in [0.5, 0.6) is 0 Å². The van der Waals surface area contributed by atoms with Crippen LogP contribution in [0.3, 0.4) is 0 Å². The lowest BCUT2D eigenvalue weighted by atomic mass is 10.00. The fourth-order valence-corrected chi connectivity index (χ4v) is 4.40. The molecule has 0 aromatic rings. The molecule has 18 heavy (non-hydrogen) atoms. The molecule has 0 saturated heterocycles. The molecule has 0 heterocycles. The number of hydrogen-bond donors (Lipinski definition) is 0. The summed E-state index contributed by atoms with van der Waals surface area (Å²) in [5.74, 6) is 0. The molecule has 1 saturated carbocycles. The Morgan fingerprint density at radius 3 is 1.56 bits per heavy atom. The van der Waals surface area contributed by atoms with E-state index in [0.717, 1.165) is 12.2 Å². The molecule has 10 heteroatoms. The summed E-state index contributed by atoms with van der Waals surface area (Å²) >= 11 is 0. The summed E-state index contributed by atoms with van der Waals surface area (Å²) in [5, 5.41) is -2.12. The minimum Gasteiger partial charge on any atom is -0.210 e. The van der Waals surface area contributed by atoms with Gasteiger partial charge in [0.2, 0.25) is 0 Å². The van der Waals surface area contributed by atoms with Crippen LogP contribution < -0.4 is 0 Å². The smallest absolute Gasteiger partial charge is 0.210 e. The summed E-state index contributed by atoms with van der Waals surface area (Å²) < 4.78 is 51.3. The molecule has 2 unspecified atom stereocenters. The Morgan fingerprint density at radius 2 is 1.22 bits per heavy atom. The van der Waals surface area contributed by atoms with Gasteiger partial charge in [-0.05, 0) is 19.3 Å². The van der Waals surface area contributed by atoms with Crippen molar-refractivity contribution >= 4 is 32.2 Å². The van der Waals surface area contributed by atoms with Crippen molar-refractivity contribution in [3.63, 3.8) is 0 Å². The van der Waals surface area contributed by atoms with Crippen LogP contribution in [0.4, 0.5) is 0 Å². The Kier molecular flexibility index (Phi) is 4.53. The summed E-state index contributed by atoms with van der Waals surface area (Å²) in [7, 11) is -8.09. The first-order chi connectivity index (χ1) is 8.33. The van der Waals surface area contributed by atoms with Gasteiger partial charge in [0.1, 0.15) is 0 Å². The quantitative estimate of drug-likeness (QED) is 0.514. The van der Waals surface area contributed by atoms with Crippen LogP contribution >= 0.6 is 0 Å². The first kappa shape index (κ1) is 14.7. The fraction of sp³-hybridized carbons (Fsp3) is 0.750. The number of isocyanates is 2. The molecular weight excluding hydrogens is 284 g/mol. The van der Waals surface area contributed by atoms with E-state index in [1.165, 1.54) is 0 Å². The van der Waals surface area contributed by atoms with Gasteiger partial charge in [0.15, 0.2) is 0 Å². The highest BCUT2D eigenvalue weighted by Gasteiger charge is 2.37. The van der Waals surface area contributed by atoms with E-state index < -0.39 is 30.5 Å². The van der Waals surface area contributed by atoms with Crippen molar-refractivity contribution in [3.05, 3.63) is 0 Å². The number of nitrogens with zero attached hydrogens (tertiary/aromatic N) is 2. The summed E-state index contributed by atoms with van der Waals surface area (Å²) in [6, 6.07) is 0. The summed E-state index contributed by atoms with van der Waals surface area (Å²) in [6.45, 7) is 0. The summed E-state index contributed by atoms with van der Waals surface area (Å²) in [4.78, 5) is 20.0. The molecule has 8 nitrogen and oxygen atoms in total. The second-order valence-electron chi connectivity index (χ2n) is 3.81. The van der Waals surface area contributed by atoms with Crippen molar-refractivity contribution < 1.29 is 26.4 Å². The topological polar surface area (TPSA) is 127 Å². The maximum absolute atomic E-state index is 11.5. The standard InChI is InChI=1S/C8H10N2O6S2/c11-5-9-17(13,14)7-2-1-3-8(4-7)18(15,16)10-6-12/h7-8H,1-4H2. The third-order valence-corrected chi connectivity index (χ3v) is 5.95. The number of carbonyl (C=O) groups excluding carboxylic acids is 2. The fourth-order valence-electron chi connectivity index (χ4n) is 1.90. The van der Waals surface area contributed by atoms with Crippen molar-refractivity contribution in [1.82, 2.24) is 0 Å². The van der Waals surface area contributed by atoms with Crippen molar-refractivity contribution in [2.45, 2.75) is 36.2 Å². The maximum Gasteiger partial charge on any atom is 0.266 e. The zero-order chi connectivity index (χ0) is 13.8. The molecule has 0 spiro atoms. The Balaban J connectivity index is 2.99. The van der Waals surface area contributed by atoms with Crippen LogP contribution in [0.15, 0.2) is 8.80 Å². The van der Waals surface area contributed by atoms with E-state index in [2.05, 4.69) is 8.80 Å². The Hall–Kier alpha value is -1.34. The number of hydrogen-bond acceptors (Lipinski definition) is 6. The van der Waals surface area contributed by atoms with Gasteiger partial charge in [-0.15, -0.1) is 0 Å². The van der Waals surface area contributed by atoms with E-state index >= 15 is 0 Å². The van der Waals surface area contributed by atoms with Crippen LogP contribution in [0.1, 0.15) is 25.7 Å². The average Bonchev–Trinajstić information content (AvgIpc) is 2.29. The first-order valence-electron chi connectivity index (χ1n) is 4.99. The van der Waals surface area contributed by atoms with Crippen LogP contribution in [0.25, 0.3) is 0 Å². The number of rotatable bonds is 4. The van der Waals surface area contributed by atoms with Crippen LogP contribution in [-0.4, -0.2) is 39.5 Å². The van der Waals surface area contributed by atoms with Gasteiger partial charge in [-0.1, -0.05) is 15.2 Å². The molecule has 2 atom stereocenters. The van der Waals surface area contributed by atoms with E-state index in [1.54, 1.807) is 0 Å². The summed E-state index contributed by atoms with van der Waals surface area (Å²) in [6.07, 6.45) is 2.39. The third-order valence-electron chi connectivity index (χ3n) is 2.75. The van der Waals surface area contributed by atoms with Crippen LogP contribution in [0.2, 0.25) is 0 Å². The zero-order valence-corrected chi connectivity index (χ0v) is 10.8. The average molecular weight is 294 g/mol. The van der Waals surface area contributed by atoms with E-state index in [1.807, 2.05) is 0 Å². The monoisotopic (exact) mass is 294 g/mol. The lowest BCUT2D eigenvalue weighted by molar-refractivity contribution is 0.471. The summed E-state index contributed by atoms with van der Waals surface area (Å²) in [5.41, 5.74) is 0. The van der Waals surface area contributed by atoms with Gasteiger partial charge in [-0.3, -0.25) is 0 Å². The van der Waals surface area contributed by atoms with Gasteiger partial charge >= 0.3 is 0 Å². The molecule has 1 aliphatic rings. The highest BCUT2D eigenvalue weighted by Crippen LogP contribution is 2.29. The molecule has 0 radical (unpaired) electrons. The Labute approximate surface area is 104 Å². The molecule has 1 rings (SSSR count). The molecular formula is C8H10N2O6S2. The minimum absolute atomic E-state index is 0.213. The van der Waals surface area contributed by atoms with Gasteiger partial charge in [0.25, 0.3) is 32.2 Å². The highest BCUT2D eigenvalue weighted by molar-refractivity contribution is 7.91. The van der Waals surface area contributed by atoms with E-state index in [-0.39, 0.29) is 19.3 Å². The second kappa shape index (κ2) is 5.53. The molecule has 0 bridgehead atoms. The molecule has 0 N–H and O–H groups in total. The zero-order valence-electron chi connectivity index (χ0n) is 9.14.